The normalized spacial score (nSPS) is 10.7. The number of carbonyl (C=O) groups is 1. The van der Waals surface area contributed by atoms with Crippen molar-refractivity contribution in [2.75, 3.05) is 0 Å². The lowest BCUT2D eigenvalue weighted by atomic mass is 10.1. The predicted molar refractivity (Wildman–Crippen MR) is 80.6 cm³/mol. The lowest BCUT2D eigenvalue weighted by molar-refractivity contribution is -0.384. The summed E-state index contributed by atoms with van der Waals surface area (Å²) in [7, 11) is 0. The first-order valence-corrected chi connectivity index (χ1v) is 6.58. The molecule has 0 unspecified atom stereocenters. The third kappa shape index (κ3) is 3.61. The maximum absolute atomic E-state index is 11.9. The van der Waals surface area contributed by atoms with Crippen LogP contribution in [0.2, 0.25) is 0 Å². The molecule has 0 saturated heterocycles. The Kier molecular flexibility index (Phi) is 4.42. The molecule has 5 heteroatoms. The van der Waals surface area contributed by atoms with E-state index in [-0.39, 0.29) is 11.5 Å². The van der Waals surface area contributed by atoms with Crippen LogP contribution in [0.25, 0.3) is 6.08 Å². The summed E-state index contributed by atoms with van der Waals surface area (Å²) in [6.45, 7) is 0. The molecular formula is C15H10BrNO3. The largest absolute Gasteiger partial charge is 0.289 e. The molecule has 0 aliphatic carbocycles. The molecule has 0 bridgehead atoms. The van der Waals surface area contributed by atoms with E-state index in [4.69, 9.17) is 0 Å². The Balaban J connectivity index is 2.13. The summed E-state index contributed by atoms with van der Waals surface area (Å²) in [5.74, 6) is -0.195. The zero-order valence-corrected chi connectivity index (χ0v) is 11.9. The van der Waals surface area contributed by atoms with E-state index < -0.39 is 4.92 Å². The van der Waals surface area contributed by atoms with Crippen molar-refractivity contribution in [1.82, 2.24) is 0 Å². The molecule has 0 heterocycles. The average Bonchev–Trinajstić information content (AvgIpc) is 2.45. The van der Waals surface area contributed by atoms with Crippen LogP contribution in [0.4, 0.5) is 5.69 Å². The molecule has 0 fully saturated rings. The first kappa shape index (κ1) is 14.1. The van der Waals surface area contributed by atoms with Crippen LogP contribution in [-0.4, -0.2) is 10.7 Å². The van der Waals surface area contributed by atoms with Gasteiger partial charge in [-0.05, 0) is 35.9 Å². The van der Waals surface area contributed by atoms with E-state index in [1.165, 1.54) is 30.3 Å². The zero-order valence-electron chi connectivity index (χ0n) is 10.3. The molecule has 0 atom stereocenters. The maximum Gasteiger partial charge on any atom is 0.269 e. The number of nitrogens with zero attached hydrogens (tertiary/aromatic N) is 1. The van der Waals surface area contributed by atoms with Crippen LogP contribution in [0.5, 0.6) is 0 Å². The van der Waals surface area contributed by atoms with E-state index in [2.05, 4.69) is 15.9 Å². The summed E-state index contributed by atoms with van der Waals surface area (Å²) in [5.41, 5.74) is 1.29. The number of nitro benzene ring substituents is 1. The minimum absolute atomic E-state index is 0.0301. The third-order valence-corrected chi connectivity index (χ3v) is 3.13. The van der Waals surface area contributed by atoms with E-state index in [1.807, 2.05) is 24.3 Å². The van der Waals surface area contributed by atoms with Crippen molar-refractivity contribution in [3.8, 4) is 0 Å². The molecule has 0 aromatic heterocycles. The van der Waals surface area contributed by atoms with Crippen LogP contribution in [0, 0.1) is 10.1 Å². The van der Waals surface area contributed by atoms with E-state index in [0.29, 0.717) is 5.56 Å². The Morgan fingerprint density at radius 2 is 1.85 bits per heavy atom. The van der Waals surface area contributed by atoms with Gasteiger partial charge in [-0.25, -0.2) is 0 Å². The van der Waals surface area contributed by atoms with E-state index >= 15 is 0 Å². The van der Waals surface area contributed by atoms with Gasteiger partial charge in [0.2, 0.25) is 0 Å². The second-order valence-electron chi connectivity index (χ2n) is 4.06. The summed E-state index contributed by atoms with van der Waals surface area (Å²) in [4.78, 5) is 21.9. The number of nitro groups is 1. The van der Waals surface area contributed by atoms with Crippen LogP contribution in [0.1, 0.15) is 15.9 Å². The van der Waals surface area contributed by atoms with E-state index in [9.17, 15) is 14.9 Å². The van der Waals surface area contributed by atoms with Crippen molar-refractivity contribution in [3.05, 3.63) is 80.3 Å². The molecule has 100 valence electrons. The molecule has 2 aromatic carbocycles. The fourth-order valence-electron chi connectivity index (χ4n) is 1.63. The first-order chi connectivity index (χ1) is 9.56. The lowest BCUT2D eigenvalue weighted by Gasteiger charge is -1.97. The number of ketones is 1. The number of rotatable bonds is 4. The highest BCUT2D eigenvalue weighted by Crippen LogP contribution is 2.15. The highest BCUT2D eigenvalue weighted by molar-refractivity contribution is 9.10. The molecule has 0 aliphatic rings. The number of benzene rings is 2. The van der Waals surface area contributed by atoms with Gasteiger partial charge in [0.1, 0.15) is 0 Å². The van der Waals surface area contributed by atoms with Crippen molar-refractivity contribution >= 4 is 33.5 Å². The fourth-order valence-corrected chi connectivity index (χ4v) is 2.04. The average molecular weight is 332 g/mol. The molecule has 4 nitrogen and oxygen atoms in total. The topological polar surface area (TPSA) is 60.2 Å². The summed E-state index contributed by atoms with van der Waals surface area (Å²) >= 11 is 3.35. The predicted octanol–water partition coefficient (Wildman–Crippen LogP) is 4.25. The number of carbonyl (C=O) groups excluding carboxylic acids is 1. The van der Waals surface area contributed by atoms with Crippen molar-refractivity contribution in [2.45, 2.75) is 0 Å². The summed E-state index contributed by atoms with van der Waals surface area (Å²) in [6.07, 6.45) is 3.15. The van der Waals surface area contributed by atoms with Gasteiger partial charge in [-0.1, -0.05) is 34.1 Å². The summed E-state index contributed by atoms with van der Waals surface area (Å²) < 4.78 is 0.933. The van der Waals surface area contributed by atoms with Crippen LogP contribution < -0.4 is 0 Å². The first-order valence-electron chi connectivity index (χ1n) is 5.79. The van der Waals surface area contributed by atoms with Gasteiger partial charge in [0.25, 0.3) is 5.69 Å². The highest BCUT2D eigenvalue weighted by atomic mass is 79.9. The van der Waals surface area contributed by atoms with Gasteiger partial charge < -0.3 is 0 Å². The maximum atomic E-state index is 11.9. The van der Waals surface area contributed by atoms with Gasteiger partial charge in [0.15, 0.2) is 5.78 Å². The molecule has 20 heavy (non-hydrogen) atoms. The monoisotopic (exact) mass is 331 g/mol. The Hall–Kier alpha value is -2.27. The van der Waals surface area contributed by atoms with Crippen LogP contribution in [0.15, 0.2) is 59.1 Å². The summed E-state index contributed by atoms with van der Waals surface area (Å²) in [6, 6.07) is 13.1. The molecule has 0 aliphatic heterocycles. The van der Waals surface area contributed by atoms with Crippen molar-refractivity contribution in [1.29, 1.82) is 0 Å². The quantitative estimate of drug-likeness (QED) is 0.364. The summed E-state index contributed by atoms with van der Waals surface area (Å²) in [5, 5.41) is 10.5. The number of hydrogen-bond acceptors (Lipinski definition) is 3. The number of halogens is 1. The van der Waals surface area contributed by atoms with Crippen LogP contribution in [-0.2, 0) is 0 Å². The van der Waals surface area contributed by atoms with Gasteiger partial charge in [-0.15, -0.1) is 0 Å². The Morgan fingerprint density at radius 1 is 1.15 bits per heavy atom. The van der Waals surface area contributed by atoms with Gasteiger partial charge in [0, 0.05) is 22.2 Å². The second kappa shape index (κ2) is 6.25. The molecule has 2 rings (SSSR count). The van der Waals surface area contributed by atoms with E-state index in [1.54, 1.807) is 6.08 Å². The molecular weight excluding hydrogens is 322 g/mol. The molecule has 0 amide bonds. The number of hydrogen-bond donors (Lipinski definition) is 0. The second-order valence-corrected chi connectivity index (χ2v) is 4.97. The number of allylic oxidation sites excluding steroid dienone is 1. The SMILES string of the molecule is O=C(/C=C/c1cccc(Br)c1)c1ccc([N+](=O)[O-])cc1. The Bertz CT molecular complexity index is 678. The van der Waals surface area contributed by atoms with Gasteiger partial charge in [-0.3, -0.25) is 14.9 Å². The van der Waals surface area contributed by atoms with Crippen LogP contribution in [0.3, 0.4) is 0 Å². The smallest absolute Gasteiger partial charge is 0.269 e. The fraction of sp³-hybridized carbons (Fsp3) is 0. The van der Waals surface area contributed by atoms with Crippen molar-refractivity contribution in [2.24, 2.45) is 0 Å². The highest BCUT2D eigenvalue weighted by Gasteiger charge is 2.07. The third-order valence-electron chi connectivity index (χ3n) is 2.64. The van der Waals surface area contributed by atoms with Gasteiger partial charge in [-0.2, -0.15) is 0 Å². The van der Waals surface area contributed by atoms with Crippen molar-refractivity contribution < 1.29 is 9.72 Å². The minimum Gasteiger partial charge on any atom is -0.289 e. The van der Waals surface area contributed by atoms with Crippen LogP contribution >= 0.6 is 15.9 Å². The van der Waals surface area contributed by atoms with Gasteiger partial charge >= 0.3 is 0 Å². The molecule has 0 radical (unpaired) electrons. The molecule has 0 spiro atoms. The standard InChI is InChI=1S/C15H10BrNO3/c16-13-3-1-2-11(10-13)4-9-15(18)12-5-7-14(8-6-12)17(19)20/h1-10H/b9-4+. The molecule has 0 N–H and O–H groups in total. The van der Waals surface area contributed by atoms with Crippen molar-refractivity contribution in [3.63, 3.8) is 0 Å². The Labute approximate surface area is 124 Å². The number of non-ortho nitro benzene ring substituents is 1. The molecule has 2 aromatic rings. The Morgan fingerprint density at radius 3 is 2.45 bits per heavy atom. The van der Waals surface area contributed by atoms with E-state index in [0.717, 1.165) is 10.0 Å². The zero-order chi connectivity index (χ0) is 14.5. The minimum atomic E-state index is -0.494. The molecule has 0 saturated carbocycles. The lowest BCUT2D eigenvalue weighted by Crippen LogP contribution is -1.95. The van der Waals surface area contributed by atoms with Gasteiger partial charge in [0.05, 0.1) is 4.92 Å².